The molecule has 0 atom stereocenters. The molecule has 0 radical (unpaired) electrons. The molecule has 19 heavy (non-hydrogen) atoms. The van der Waals surface area contributed by atoms with Crippen LogP contribution in [0, 0.1) is 11.3 Å². The van der Waals surface area contributed by atoms with Crippen molar-refractivity contribution < 1.29 is 14.3 Å². The Labute approximate surface area is 119 Å². The molecule has 0 aromatic rings. The SMILES string of the molecule is CC(C)C(=O)COCCCOCCCCC(C)(C)C. The van der Waals surface area contributed by atoms with Gasteiger partial charge in [-0.15, -0.1) is 0 Å². The average molecular weight is 272 g/mol. The molecule has 0 amide bonds. The van der Waals surface area contributed by atoms with Crippen LogP contribution in [0.1, 0.15) is 60.3 Å². The predicted molar refractivity (Wildman–Crippen MR) is 79.4 cm³/mol. The molecule has 0 heterocycles. The summed E-state index contributed by atoms with van der Waals surface area (Å²) in [5.41, 5.74) is 0.427. The maximum Gasteiger partial charge on any atom is 0.160 e. The lowest BCUT2D eigenvalue weighted by atomic mass is 9.90. The van der Waals surface area contributed by atoms with Crippen LogP contribution in [-0.4, -0.2) is 32.2 Å². The maximum absolute atomic E-state index is 11.3. The highest BCUT2D eigenvalue weighted by Crippen LogP contribution is 2.21. The van der Waals surface area contributed by atoms with Crippen molar-refractivity contribution in [3.05, 3.63) is 0 Å². The minimum atomic E-state index is 0.0686. The Hall–Kier alpha value is -0.410. The van der Waals surface area contributed by atoms with E-state index in [0.29, 0.717) is 12.0 Å². The fourth-order valence-electron chi connectivity index (χ4n) is 1.56. The van der Waals surface area contributed by atoms with Crippen LogP contribution in [0.5, 0.6) is 0 Å². The van der Waals surface area contributed by atoms with E-state index in [2.05, 4.69) is 20.8 Å². The second kappa shape index (κ2) is 10.4. The van der Waals surface area contributed by atoms with Gasteiger partial charge in [0.15, 0.2) is 5.78 Å². The summed E-state index contributed by atoms with van der Waals surface area (Å²) in [6, 6.07) is 0. The lowest BCUT2D eigenvalue weighted by Gasteiger charge is -2.17. The molecule has 3 nitrogen and oxygen atoms in total. The number of unbranched alkanes of at least 4 members (excludes halogenated alkanes) is 1. The summed E-state index contributed by atoms with van der Waals surface area (Å²) in [5.74, 6) is 0.238. The van der Waals surface area contributed by atoms with Crippen molar-refractivity contribution in [2.45, 2.75) is 60.3 Å². The van der Waals surface area contributed by atoms with E-state index in [0.717, 1.165) is 26.1 Å². The van der Waals surface area contributed by atoms with E-state index in [1.165, 1.54) is 12.8 Å². The lowest BCUT2D eigenvalue weighted by Crippen LogP contribution is -2.15. The molecule has 0 aliphatic rings. The molecule has 114 valence electrons. The third-order valence-electron chi connectivity index (χ3n) is 2.93. The topological polar surface area (TPSA) is 35.5 Å². The molecule has 3 heteroatoms. The minimum absolute atomic E-state index is 0.0686. The third-order valence-corrected chi connectivity index (χ3v) is 2.93. The van der Waals surface area contributed by atoms with Gasteiger partial charge in [0, 0.05) is 25.7 Å². The van der Waals surface area contributed by atoms with E-state index in [-0.39, 0.29) is 18.3 Å². The fraction of sp³-hybridized carbons (Fsp3) is 0.938. The van der Waals surface area contributed by atoms with Crippen molar-refractivity contribution in [3.63, 3.8) is 0 Å². The Morgan fingerprint density at radius 1 is 0.947 bits per heavy atom. The van der Waals surface area contributed by atoms with Gasteiger partial charge in [-0.25, -0.2) is 0 Å². The quantitative estimate of drug-likeness (QED) is 0.536. The van der Waals surface area contributed by atoms with Crippen LogP contribution in [0.4, 0.5) is 0 Å². The third kappa shape index (κ3) is 13.8. The Morgan fingerprint density at radius 2 is 1.53 bits per heavy atom. The van der Waals surface area contributed by atoms with E-state index in [1.54, 1.807) is 0 Å². The van der Waals surface area contributed by atoms with Crippen molar-refractivity contribution in [1.29, 1.82) is 0 Å². The molecule has 0 aromatic heterocycles. The smallest absolute Gasteiger partial charge is 0.160 e. The number of ether oxygens (including phenoxy) is 2. The van der Waals surface area contributed by atoms with Gasteiger partial charge >= 0.3 is 0 Å². The van der Waals surface area contributed by atoms with E-state index in [4.69, 9.17) is 9.47 Å². The first-order valence-electron chi connectivity index (χ1n) is 7.51. The molecule has 0 aliphatic heterocycles. The summed E-state index contributed by atoms with van der Waals surface area (Å²) in [6.45, 7) is 13.0. The van der Waals surface area contributed by atoms with Crippen molar-refractivity contribution in [1.82, 2.24) is 0 Å². The summed E-state index contributed by atoms with van der Waals surface area (Å²) >= 11 is 0. The number of rotatable bonds is 11. The Morgan fingerprint density at radius 3 is 2.11 bits per heavy atom. The lowest BCUT2D eigenvalue weighted by molar-refractivity contribution is -0.126. The van der Waals surface area contributed by atoms with Crippen LogP contribution in [-0.2, 0) is 14.3 Å². The molecule has 0 fully saturated rings. The highest BCUT2D eigenvalue weighted by atomic mass is 16.5. The van der Waals surface area contributed by atoms with E-state index in [9.17, 15) is 4.79 Å². The van der Waals surface area contributed by atoms with Gasteiger partial charge in [0.05, 0.1) is 0 Å². The number of hydrogen-bond donors (Lipinski definition) is 0. The zero-order chi connectivity index (χ0) is 14.7. The minimum Gasteiger partial charge on any atom is -0.381 e. The Kier molecular flexibility index (Phi) is 10.2. The number of hydrogen-bond acceptors (Lipinski definition) is 3. The molecule has 0 rings (SSSR count). The maximum atomic E-state index is 11.3. The van der Waals surface area contributed by atoms with Gasteiger partial charge < -0.3 is 9.47 Å². The van der Waals surface area contributed by atoms with Crippen LogP contribution in [0.2, 0.25) is 0 Å². The van der Waals surface area contributed by atoms with Crippen molar-refractivity contribution in [3.8, 4) is 0 Å². The van der Waals surface area contributed by atoms with Crippen LogP contribution in [0.3, 0.4) is 0 Å². The number of carbonyl (C=O) groups excluding carboxylic acids is 1. The summed E-state index contributed by atoms with van der Waals surface area (Å²) in [7, 11) is 0. The Balaban J connectivity index is 3.18. The number of ketones is 1. The van der Waals surface area contributed by atoms with Crippen LogP contribution < -0.4 is 0 Å². The van der Waals surface area contributed by atoms with Crippen molar-refractivity contribution in [2.75, 3.05) is 26.4 Å². The molecule has 0 N–H and O–H groups in total. The van der Waals surface area contributed by atoms with E-state index in [1.807, 2.05) is 13.8 Å². The van der Waals surface area contributed by atoms with E-state index < -0.39 is 0 Å². The zero-order valence-electron chi connectivity index (χ0n) is 13.5. The van der Waals surface area contributed by atoms with Crippen LogP contribution in [0.15, 0.2) is 0 Å². The van der Waals surface area contributed by atoms with Gasteiger partial charge in [-0.3, -0.25) is 4.79 Å². The molecule has 0 spiro atoms. The second-order valence-electron chi connectivity index (χ2n) is 6.66. The molecule has 0 unspecified atom stereocenters. The highest BCUT2D eigenvalue weighted by Gasteiger charge is 2.08. The molecule has 0 aliphatic carbocycles. The zero-order valence-corrected chi connectivity index (χ0v) is 13.5. The summed E-state index contributed by atoms with van der Waals surface area (Å²) in [4.78, 5) is 11.3. The van der Waals surface area contributed by atoms with E-state index >= 15 is 0 Å². The number of Topliss-reactive ketones (excluding diaryl/α,β-unsaturated/α-hetero) is 1. The molecular weight excluding hydrogens is 240 g/mol. The van der Waals surface area contributed by atoms with Crippen molar-refractivity contribution in [2.24, 2.45) is 11.3 Å². The normalized spacial score (nSPS) is 12.1. The second-order valence-corrected chi connectivity index (χ2v) is 6.66. The Bertz CT molecular complexity index is 229. The first kappa shape index (κ1) is 18.6. The highest BCUT2D eigenvalue weighted by molar-refractivity contribution is 5.81. The van der Waals surface area contributed by atoms with Crippen LogP contribution >= 0.6 is 0 Å². The van der Waals surface area contributed by atoms with Crippen LogP contribution in [0.25, 0.3) is 0 Å². The molecule has 0 aromatic carbocycles. The summed E-state index contributed by atoms with van der Waals surface area (Å²) in [6.07, 6.45) is 4.47. The largest absolute Gasteiger partial charge is 0.381 e. The molecular formula is C16H32O3. The molecule has 0 saturated carbocycles. The standard InChI is InChI=1S/C16H32O3/c1-14(2)15(17)13-19-12-8-11-18-10-7-6-9-16(3,4)5/h14H,6-13H2,1-5H3. The van der Waals surface area contributed by atoms with Gasteiger partial charge in [-0.05, 0) is 24.7 Å². The van der Waals surface area contributed by atoms with Gasteiger partial charge in [-0.1, -0.05) is 41.0 Å². The van der Waals surface area contributed by atoms with Gasteiger partial charge in [-0.2, -0.15) is 0 Å². The monoisotopic (exact) mass is 272 g/mol. The first-order valence-corrected chi connectivity index (χ1v) is 7.51. The molecule has 0 bridgehead atoms. The summed E-state index contributed by atoms with van der Waals surface area (Å²) < 4.78 is 10.8. The average Bonchev–Trinajstić information content (AvgIpc) is 2.29. The van der Waals surface area contributed by atoms with Gasteiger partial charge in [0.2, 0.25) is 0 Å². The number of carbonyl (C=O) groups is 1. The first-order chi connectivity index (χ1) is 8.83. The summed E-state index contributed by atoms with van der Waals surface area (Å²) in [5, 5.41) is 0. The molecule has 0 saturated heterocycles. The van der Waals surface area contributed by atoms with Gasteiger partial charge in [0.25, 0.3) is 0 Å². The van der Waals surface area contributed by atoms with Gasteiger partial charge in [0.1, 0.15) is 6.61 Å². The van der Waals surface area contributed by atoms with Crippen molar-refractivity contribution >= 4 is 5.78 Å². The fourth-order valence-corrected chi connectivity index (χ4v) is 1.56. The predicted octanol–water partition coefficient (Wildman–Crippen LogP) is 3.85.